The van der Waals surface area contributed by atoms with Crippen molar-refractivity contribution < 1.29 is 5.11 Å². The summed E-state index contributed by atoms with van der Waals surface area (Å²) in [5, 5.41) is 21.9. The summed E-state index contributed by atoms with van der Waals surface area (Å²) in [4.78, 5) is 0. The fourth-order valence-electron chi connectivity index (χ4n) is 2.52. The van der Waals surface area contributed by atoms with E-state index in [0.29, 0.717) is 17.3 Å². The molecule has 0 saturated heterocycles. The van der Waals surface area contributed by atoms with Crippen LogP contribution in [0.2, 0.25) is 0 Å². The van der Waals surface area contributed by atoms with Crippen LogP contribution in [-0.4, -0.2) is 17.8 Å². The first kappa shape index (κ1) is 15.8. The van der Waals surface area contributed by atoms with Gasteiger partial charge in [-0.05, 0) is 30.5 Å². The Kier molecular flexibility index (Phi) is 6.10. The highest BCUT2D eigenvalue weighted by Crippen LogP contribution is 2.23. The summed E-state index contributed by atoms with van der Waals surface area (Å²) < 4.78 is 0. The van der Waals surface area contributed by atoms with Gasteiger partial charge in [0.05, 0.1) is 18.2 Å². The van der Waals surface area contributed by atoms with E-state index in [-0.39, 0.29) is 25.1 Å². The predicted molar refractivity (Wildman–Crippen MR) is 78.0 cm³/mol. The molecule has 4 N–H and O–H groups in total. The van der Waals surface area contributed by atoms with Crippen LogP contribution in [0.4, 0.5) is 5.69 Å². The van der Waals surface area contributed by atoms with Crippen LogP contribution in [0.1, 0.15) is 42.9 Å². The number of aliphatic hydroxyl groups excluding tert-OH is 1. The number of nitrogens with one attached hydrogen (secondary N) is 1. The second-order valence-electron chi connectivity index (χ2n) is 4.84. The Morgan fingerprint density at radius 3 is 2.68 bits per heavy atom. The first-order chi connectivity index (χ1) is 8.74. The summed E-state index contributed by atoms with van der Waals surface area (Å²) in [5.41, 5.74) is 7.58. The molecule has 0 spiro atoms. The van der Waals surface area contributed by atoms with Crippen LogP contribution in [0.15, 0.2) is 18.2 Å². The highest BCUT2D eigenvalue weighted by molar-refractivity contribution is 5.85. The van der Waals surface area contributed by atoms with Gasteiger partial charge in [-0.25, -0.2) is 0 Å². The van der Waals surface area contributed by atoms with Gasteiger partial charge in [0.25, 0.3) is 0 Å². The molecule has 0 amide bonds. The maximum absolute atomic E-state index is 9.50. The molecule has 0 heterocycles. The maximum Gasteiger partial charge on any atom is 0.101 e. The van der Waals surface area contributed by atoms with Crippen LogP contribution >= 0.6 is 12.4 Å². The van der Waals surface area contributed by atoms with Crippen molar-refractivity contribution in [1.82, 2.24) is 5.32 Å². The van der Waals surface area contributed by atoms with E-state index in [1.54, 1.807) is 12.1 Å². The Hall–Kier alpha value is -1.28. The van der Waals surface area contributed by atoms with Gasteiger partial charge in [0.1, 0.15) is 6.07 Å². The van der Waals surface area contributed by atoms with Crippen LogP contribution < -0.4 is 11.1 Å². The minimum absolute atomic E-state index is 0. The van der Waals surface area contributed by atoms with Gasteiger partial charge in [-0.3, -0.25) is 0 Å². The summed E-state index contributed by atoms with van der Waals surface area (Å²) in [7, 11) is 0. The molecule has 0 radical (unpaired) electrons. The fourth-order valence-corrected chi connectivity index (χ4v) is 2.52. The number of nitrogens with zero attached hydrogens (tertiary/aromatic N) is 1. The van der Waals surface area contributed by atoms with Gasteiger partial charge in [0.2, 0.25) is 0 Å². The van der Waals surface area contributed by atoms with E-state index >= 15 is 0 Å². The first-order valence-electron chi connectivity index (χ1n) is 6.41. The van der Waals surface area contributed by atoms with Crippen LogP contribution in [-0.2, 0) is 0 Å². The van der Waals surface area contributed by atoms with Gasteiger partial charge in [-0.1, -0.05) is 18.9 Å². The lowest BCUT2D eigenvalue weighted by atomic mass is 10.0. The average Bonchev–Trinajstić information content (AvgIpc) is 2.89. The van der Waals surface area contributed by atoms with E-state index in [2.05, 4.69) is 11.4 Å². The van der Waals surface area contributed by atoms with E-state index in [1.165, 1.54) is 12.8 Å². The molecule has 4 nitrogen and oxygen atoms in total. The monoisotopic (exact) mass is 281 g/mol. The zero-order valence-electron chi connectivity index (χ0n) is 10.8. The number of benzene rings is 1. The van der Waals surface area contributed by atoms with Gasteiger partial charge >= 0.3 is 0 Å². The van der Waals surface area contributed by atoms with Gasteiger partial charge < -0.3 is 16.2 Å². The van der Waals surface area contributed by atoms with Crippen molar-refractivity contribution in [2.45, 2.75) is 37.8 Å². The molecule has 1 saturated carbocycles. The molecule has 1 aromatic rings. The zero-order chi connectivity index (χ0) is 13.0. The van der Waals surface area contributed by atoms with Crippen LogP contribution in [0, 0.1) is 11.3 Å². The lowest BCUT2D eigenvalue weighted by Crippen LogP contribution is -2.32. The van der Waals surface area contributed by atoms with E-state index in [1.807, 2.05) is 6.07 Å². The Bertz CT molecular complexity index is 452. The van der Waals surface area contributed by atoms with E-state index in [0.717, 1.165) is 18.4 Å². The predicted octanol–water partition coefficient (Wildman–Crippen LogP) is 2.13. The smallest absolute Gasteiger partial charge is 0.101 e. The highest BCUT2D eigenvalue weighted by Gasteiger charge is 2.20. The molecule has 104 valence electrons. The second kappa shape index (κ2) is 7.34. The number of rotatable bonds is 4. The molecule has 5 heteroatoms. The molecule has 1 aliphatic rings. The molecule has 1 fully saturated rings. The summed E-state index contributed by atoms with van der Waals surface area (Å²) in [6.07, 6.45) is 4.83. The summed E-state index contributed by atoms with van der Waals surface area (Å²) >= 11 is 0. The lowest BCUT2D eigenvalue weighted by molar-refractivity contribution is 0.233. The molecule has 0 aromatic heterocycles. The summed E-state index contributed by atoms with van der Waals surface area (Å²) in [6, 6.07) is 7.81. The molecule has 1 aliphatic carbocycles. The molecule has 0 aliphatic heterocycles. The second-order valence-corrected chi connectivity index (χ2v) is 4.84. The number of hydrogen-bond acceptors (Lipinski definition) is 4. The Balaban J connectivity index is 0.00000180. The van der Waals surface area contributed by atoms with E-state index in [9.17, 15) is 5.11 Å². The van der Waals surface area contributed by atoms with Crippen LogP contribution in [0.25, 0.3) is 0 Å². The maximum atomic E-state index is 9.50. The van der Waals surface area contributed by atoms with Crippen molar-refractivity contribution in [3.05, 3.63) is 29.3 Å². The first-order valence-corrected chi connectivity index (χ1v) is 6.41. The lowest BCUT2D eigenvalue weighted by Gasteiger charge is -2.21. The average molecular weight is 282 g/mol. The number of hydrogen-bond donors (Lipinski definition) is 3. The van der Waals surface area contributed by atoms with Crippen LogP contribution in [0.5, 0.6) is 0 Å². The number of anilines is 1. The third-order valence-electron chi connectivity index (χ3n) is 3.57. The number of aliphatic hydroxyl groups is 1. The minimum Gasteiger partial charge on any atom is -0.398 e. The highest BCUT2D eigenvalue weighted by atomic mass is 35.5. The summed E-state index contributed by atoms with van der Waals surface area (Å²) in [6.45, 7) is 0.0330. The minimum atomic E-state index is -0.110. The molecule has 1 unspecified atom stereocenters. The fraction of sp³-hybridized carbons (Fsp3) is 0.500. The molecular formula is C14H20ClN3O. The number of nitriles is 1. The standard InChI is InChI=1S/C14H19N3O.ClH/c15-8-11-7-10(5-6-13(11)16)14(9-18)17-12-3-1-2-4-12;/h5-7,12,14,17-18H,1-4,9,16H2;1H. The van der Waals surface area contributed by atoms with Crippen molar-refractivity contribution in [1.29, 1.82) is 5.26 Å². The van der Waals surface area contributed by atoms with Crippen molar-refractivity contribution in [2.75, 3.05) is 12.3 Å². The number of halogens is 1. The van der Waals surface area contributed by atoms with Gasteiger partial charge in [-0.15, -0.1) is 12.4 Å². The molecular weight excluding hydrogens is 262 g/mol. The van der Waals surface area contributed by atoms with Gasteiger partial charge in [-0.2, -0.15) is 5.26 Å². The zero-order valence-corrected chi connectivity index (χ0v) is 11.6. The van der Waals surface area contributed by atoms with E-state index < -0.39 is 0 Å². The Labute approximate surface area is 120 Å². The molecule has 0 bridgehead atoms. The number of nitrogens with two attached hydrogens (primary N) is 1. The van der Waals surface area contributed by atoms with E-state index in [4.69, 9.17) is 11.0 Å². The van der Waals surface area contributed by atoms with Crippen LogP contribution in [0.3, 0.4) is 0 Å². The summed E-state index contributed by atoms with van der Waals surface area (Å²) in [5.74, 6) is 0. The Morgan fingerprint density at radius 2 is 2.11 bits per heavy atom. The Morgan fingerprint density at radius 1 is 1.42 bits per heavy atom. The van der Waals surface area contributed by atoms with Crippen molar-refractivity contribution in [2.24, 2.45) is 0 Å². The normalized spacial score (nSPS) is 16.6. The largest absolute Gasteiger partial charge is 0.398 e. The third kappa shape index (κ3) is 3.84. The van der Waals surface area contributed by atoms with Gasteiger partial charge in [0, 0.05) is 11.7 Å². The molecule has 1 aromatic carbocycles. The SMILES string of the molecule is Cl.N#Cc1cc(C(CO)NC2CCCC2)ccc1N. The van der Waals surface area contributed by atoms with Crippen molar-refractivity contribution >= 4 is 18.1 Å². The van der Waals surface area contributed by atoms with Crippen molar-refractivity contribution in [3.8, 4) is 6.07 Å². The molecule has 1 atom stereocenters. The third-order valence-corrected chi connectivity index (χ3v) is 3.57. The van der Waals surface area contributed by atoms with Gasteiger partial charge in [0.15, 0.2) is 0 Å². The molecule has 2 rings (SSSR count). The quantitative estimate of drug-likeness (QED) is 0.739. The topological polar surface area (TPSA) is 82.1 Å². The molecule has 19 heavy (non-hydrogen) atoms. The van der Waals surface area contributed by atoms with Crippen molar-refractivity contribution in [3.63, 3.8) is 0 Å². The number of nitrogen functional groups attached to an aromatic ring is 1.